The average molecular weight is 250 g/mol. The summed E-state index contributed by atoms with van der Waals surface area (Å²) in [5.41, 5.74) is 1.76. The second-order valence-corrected chi connectivity index (χ2v) is 6.35. The number of hydrogen-bond acceptors (Lipinski definition) is 3. The topological polar surface area (TPSA) is 43.4 Å². The Kier molecular flexibility index (Phi) is 3.60. The lowest BCUT2D eigenvalue weighted by Gasteiger charge is -2.30. The van der Waals surface area contributed by atoms with E-state index < -0.39 is 5.60 Å². The summed E-state index contributed by atoms with van der Waals surface area (Å²) in [6.45, 7) is 5.59. The minimum absolute atomic E-state index is 0.173. The first-order valence-corrected chi connectivity index (χ1v) is 6.84. The van der Waals surface area contributed by atoms with Crippen molar-refractivity contribution in [1.29, 1.82) is 0 Å². The van der Waals surface area contributed by atoms with Gasteiger partial charge in [0, 0.05) is 6.42 Å². The normalized spacial score (nSPS) is 24.8. The van der Waals surface area contributed by atoms with Crippen molar-refractivity contribution in [3.05, 3.63) is 11.1 Å². The molecule has 0 heterocycles. The van der Waals surface area contributed by atoms with Gasteiger partial charge in [0.15, 0.2) is 5.78 Å². The number of carbonyl (C=O) groups is 2. The van der Waals surface area contributed by atoms with Gasteiger partial charge in [-0.2, -0.15) is 0 Å². The minimum atomic E-state index is -0.471. The summed E-state index contributed by atoms with van der Waals surface area (Å²) in [6, 6.07) is 0. The molecule has 0 aromatic carbocycles. The van der Waals surface area contributed by atoms with Gasteiger partial charge in [0.25, 0.3) is 0 Å². The molecule has 0 radical (unpaired) electrons. The quantitative estimate of drug-likeness (QED) is 0.671. The minimum Gasteiger partial charge on any atom is -0.460 e. The monoisotopic (exact) mass is 250 g/mol. The number of hydrogen-bond donors (Lipinski definition) is 0. The van der Waals surface area contributed by atoms with E-state index in [0.29, 0.717) is 6.42 Å². The van der Waals surface area contributed by atoms with Crippen LogP contribution in [0.1, 0.15) is 59.3 Å². The lowest BCUT2D eigenvalue weighted by molar-refractivity contribution is -0.161. The molecule has 0 saturated carbocycles. The van der Waals surface area contributed by atoms with Crippen LogP contribution in [-0.2, 0) is 14.3 Å². The van der Waals surface area contributed by atoms with E-state index in [1.165, 1.54) is 5.57 Å². The van der Waals surface area contributed by atoms with Gasteiger partial charge in [-0.1, -0.05) is 5.57 Å². The Hall–Kier alpha value is -1.12. The lowest BCUT2D eigenvalue weighted by Crippen LogP contribution is -2.33. The van der Waals surface area contributed by atoms with Crippen molar-refractivity contribution in [3.8, 4) is 0 Å². The highest BCUT2D eigenvalue weighted by Gasteiger charge is 2.34. The van der Waals surface area contributed by atoms with Crippen LogP contribution in [0.3, 0.4) is 0 Å². The molecule has 0 amide bonds. The summed E-state index contributed by atoms with van der Waals surface area (Å²) >= 11 is 0. The zero-order valence-electron chi connectivity index (χ0n) is 11.5. The van der Waals surface area contributed by atoms with Crippen LogP contribution in [0.15, 0.2) is 11.1 Å². The summed E-state index contributed by atoms with van der Waals surface area (Å²) in [5.74, 6) is -0.298. The fraction of sp³-hybridized carbons (Fsp3) is 0.733. The Morgan fingerprint density at radius 3 is 2.50 bits per heavy atom. The van der Waals surface area contributed by atoms with Crippen LogP contribution in [0.2, 0.25) is 0 Å². The van der Waals surface area contributed by atoms with Crippen molar-refractivity contribution in [2.24, 2.45) is 5.92 Å². The van der Waals surface area contributed by atoms with E-state index in [1.807, 2.05) is 20.8 Å². The molecule has 3 heteroatoms. The van der Waals surface area contributed by atoms with E-state index in [2.05, 4.69) is 0 Å². The summed E-state index contributed by atoms with van der Waals surface area (Å²) in [6.07, 6.45) is 5.23. The molecule has 0 aromatic rings. The first-order chi connectivity index (χ1) is 8.37. The molecule has 100 valence electrons. The molecule has 0 aromatic heterocycles. The largest absolute Gasteiger partial charge is 0.460 e. The SMILES string of the molecule is CC(C)(C)OC(=O)C1CC(=O)C2=C(CCCC2)C1. The standard InChI is InChI=1S/C15H22O3/c1-15(2,3)18-14(17)11-8-10-6-4-5-7-12(10)13(16)9-11/h11H,4-9H2,1-3H3. The van der Waals surface area contributed by atoms with Gasteiger partial charge in [-0.05, 0) is 58.4 Å². The maximum Gasteiger partial charge on any atom is 0.310 e. The summed E-state index contributed by atoms with van der Waals surface area (Å²) in [7, 11) is 0. The third-order valence-electron chi connectivity index (χ3n) is 3.58. The van der Waals surface area contributed by atoms with Crippen LogP contribution in [0.4, 0.5) is 0 Å². The Morgan fingerprint density at radius 1 is 1.17 bits per heavy atom. The maximum absolute atomic E-state index is 12.0. The zero-order valence-corrected chi connectivity index (χ0v) is 11.5. The Balaban J connectivity index is 2.08. The molecular weight excluding hydrogens is 228 g/mol. The van der Waals surface area contributed by atoms with Crippen LogP contribution >= 0.6 is 0 Å². The first-order valence-electron chi connectivity index (χ1n) is 6.84. The number of ketones is 1. The molecule has 2 rings (SSSR count). The van der Waals surface area contributed by atoms with Crippen molar-refractivity contribution in [2.75, 3.05) is 0 Å². The van der Waals surface area contributed by atoms with Crippen molar-refractivity contribution < 1.29 is 14.3 Å². The first kappa shape index (κ1) is 13.3. The fourth-order valence-electron chi connectivity index (χ4n) is 2.80. The zero-order chi connectivity index (χ0) is 13.3. The van der Waals surface area contributed by atoms with E-state index in [-0.39, 0.29) is 17.7 Å². The van der Waals surface area contributed by atoms with Crippen molar-refractivity contribution in [2.45, 2.75) is 64.9 Å². The van der Waals surface area contributed by atoms with Gasteiger partial charge < -0.3 is 4.74 Å². The number of ether oxygens (including phenoxy) is 1. The highest BCUT2D eigenvalue weighted by Crippen LogP contribution is 2.37. The number of Topliss-reactive ketones (excluding diaryl/α,β-unsaturated/α-hetero) is 1. The maximum atomic E-state index is 12.0. The Morgan fingerprint density at radius 2 is 1.83 bits per heavy atom. The van der Waals surface area contributed by atoms with Gasteiger partial charge in [0.05, 0.1) is 5.92 Å². The molecule has 1 atom stereocenters. The smallest absolute Gasteiger partial charge is 0.310 e. The van der Waals surface area contributed by atoms with Gasteiger partial charge in [0.1, 0.15) is 5.60 Å². The molecule has 0 fully saturated rings. The van der Waals surface area contributed by atoms with E-state index in [4.69, 9.17) is 4.74 Å². The lowest BCUT2D eigenvalue weighted by atomic mass is 9.76. The Labute approximate surface area is 109 Å². The van der Waals surface area contributed by atoms with E-state index in [0.717, 1.165) is 37.7 Å². The third kappa shape index (κ3) is 3.01. The molecule has 0 bridgehead atoms. The molecule has 0 N–H and O–H groups in total. The number of allylic oxidation sites excluding steroid dienone is 2. The molecule has 3 nitrogen and oxygen atoms in total. The molecule has 0 spiro atoms. The Bertz CT molecular complexity index is 398. The van der Waals surface area contributed by atoms with Crippen LogP contribution < -0.4 is 0 Å². The molecule has 2 aliphatic carbocycles. The molecule has 1 unspecified atom stereocenters. The van der Waals surface area contributed by atoms with Crippen LogP contribution in [0, 0.1) is 5.92 Å². The van der Waals surface area contributed by atoms with E-state index >= 15 is 0 Å². The van der Waals surface area contributed by atoms with Crippen molar-refractivity contribution in [3.63, 3.8) is 0 Å². The number of esters is 1. The van der Waals surface area contributed by atoms with Gasteiger partial charge in [0.2, 0.25) is 0 Å². The predicted molar refractivity (Wildman–Crippen MR) is 69.1 cm³/mol. The summed E-state index contributed by atoms with van der Waals surface area (Å²) in [5, 5.41) is 0. The molecule has 18 heavy (non-hydrogen) atoms. The summed E-state index contributed by atoms with van der Waals surface area (Å²) in [4.78, 5) is 24.1. The van der Waals surface area contributed by atoms with Gasteiger partial charge >= 0.3 is 5.97 Å². The van der Waals surface area contributed by atoms with E-state index in [9.17, 15) is 9.59 Å². The number of rotatable bonds is 1. The number of carbonyl (C=O) groups excluding carboxylic acids is 2. The van der Waals surface area contributed by atoms with Gasteiger partial charge in [-0.3, -0.25) is 9.59 Å². The second kappa shape index (κ2) is 4.87. The fourth-order valence-corrected chi connectivity index (χ4v) is 2.80. The van der Waals surface area contributed by atoms with Crippen molar-refractivity contribution in [1.82, 2.24) is 0 Å². The van der Waals surface area contributed by atoms with Crippen LogP contribution in [0.5, 0.6) is 0 Å². The van der Waals surface area contributed by atoms with Crippen LogP contribution in [0.25, 0.3) is 0 Å². The average Bonchev–Trinajstić information content (AvgIpc) is 2.26. The second-order valence-electron chi connectivity index (χ2n) is 6.35. The van der Waals surface area contributed by atoms with Gasteiger partial charge in [-0.15, -0.1) is 0 Å². The highest BCUT2D eigenvalue weighted by atomic mass is 16.6. The van der Waals surface area contributed by atoms with Crippen molar-refractivity contribution >= 4 is 11.8 Å². The molecular formula is C15H22O3. The van der Waals surface area contributed by atoms with Gasteiger partial charge in [-0.25, -0.2) is 0 Å². The highest BCUT2D eigenvalue weighted by molar-refractivity contribution is 5.99. The molecule has 2 aliphatic rings. The summed E-state index contributed by atoms with van der Waals surface area (Å²) < 4.78 is 5.39. The third-order valence-corrected chi connectivity index (χ3v) is 3.58. The molecule has 0 saturated heterocycles. The molecule has 0 aliphatic heterocycles. The predicted octanol–water partition coefficient (Wildman–Crippen LogP) is 3.18. The van der Waals surface area contributed by atoms with E-state index in [1.54, 1.807) is 0 Å². The van der Waals surface area contributed by atoms with Crippen LogP contribution in [-0.4, -0.2) is 17.4 Å².